The van der Waals surface area contributed by atoms with Crippen molar-refractivity contribution in [3.63, 3.8) is 0 Å². The second kappa shape index (κ2) is 5.45. The van der Waals surface area contributed by atoms with Crippen molar-refractivity contribution in [3.05, 3.63) is 18.1 Å². The summed E-state index contributed by atoms with van der Waals surface area (Å²) in [6, 6.07) is 2.84. The lowest BCUT2D eigenvalue weighted by atomic mass is 9.93. The first kappa shape index (κ1) is 12.9. The number of rotatable bonds is 4. The van der Waals surface area contributed by atoms with Gasteiger partial charge in [0.1, 0.15) is 12.1 Å². The van der Waals surface area contributed by atoms with Gasteiger partial charge >= 0.3 is 0 Å². The van der Waals surface area contributed by atoms with Crippen LogP contribution < -0.4 is 10.2 Å². The van der Waals surface area contributed by atoms with Crippen LogP contribution >= 0.6 is 0 Å². The maximum absolute atomic E-state index is 4.52. The van der Waals surface area contributed by atoms with Gasteiger partial charge in [0.2, 0.25) is 0 Å². The predicted octanol–water partition coefficient (Wildman–Crippen LogP) is 1.86. The molecule has 4 heteroatoms. The van der Waals surface area contributed by atoms with E-state index in [1.165, 1.54) is 25.2 Å². The van der Waals surface area contributed by atoms with Gasteiger partial charge in [0.05, 0.1) is 0 Å². The van der Waals surface area contributed by atoms with Crippen molar-refractivity contribution in [3.8, 4) is 0 Å². The monoisotopic (exact) mass is 260 g/mol. The summed E-state index contributed by atoms with van der Waals surface area (Å²) >= 11 is 0. The van der Waals surface area contributed by atoms with Crippen LogP contribution in [0.1, 0.15) is 32.4 Å². The van der Waals surface area contributed by atoms with Crippen molar-refractivity contribution in [2.75, 3.05) is 24.5 Å². The van der Waals surface area contributed by atoms with Crippen LogP contribution in [0.4, 0.5) is 5.82 Å². The van der Waals surface area contributed by atoms with Crippen molar-refractivity contribution < 1.29 is 0 Å². The molecule has 0 spiro atoms. The van der Waals surface area contributed by atoms with Gasteiger partial charge in [0.15, 0.2) is 0 Å². The van der Waals surface area contributed by atoms with Gasteiger partial charge in [-0.3, -0.25) is 0 Å². The standard InChI is InChI=1S/C15H24N4/c1-3-5-12-6-15(18-10-17-12)19-9-11-7-16-8-13(11)14(19)4-2/h6,10-11,13-14,16H,3-5,7-9H2,1-2H3. The topological polar surface area (TPSA) is 41.0 Å². The van der Waals surface area contributed by atoms with Gasteiger partial charge < -0.3 is 10.2 Å². The zero-order chi connectivity index (χ0) is 13.2. The molecule has 4 nitrogen and oxygen atoms in total. The second-order valence-electron chi connectivity index (χ2n) is 5.83. The first-order chi connectivity index (χ1) is 9.33. The lowest BCUT2D eigenvalue weighted by Gasteiger charge is -2.28. The van der Waals surface area contributed by atoms with Gasteiger partial charge in [-0.1, -0.05) is 20.3 Å². The molecular formula is C15H24N4. The number of hydrogen-bond acceptors (Lipinski definition) is 4. The number of nitrogens with one attached hydrogen (secondary N) is 1. The van der Waals surface area contributed by atoms with Crippen LogP contribution in [0.3, 0.4) is 0 Å². The molecule has 0 aromatic carbocycles. The molecule has 0 aliphatic carbocycles. The molecule has 2 saturated heterocycles. The van der Waals surface area contributed by atoms with Crippen LogP contribution in [0.2, 0.25) is 0 Å². The molecule has 0 radical (unpaired) electrons. The fourth-order valence-corrected chi connectivity index (χ4v) is 3.74. The van der Waals surface area contributed by atoms with Gasteiger partial charge in [0, 0.05) is 37.4 Å². The Bertz CT molecular complexity index is 434. The van der Waals surface area contributed by atoms with Crippen molar-refractivity contribution in [2.45, 2.75) is 39.2 Å². The van der Waals surface area contributed by atoms with E-state index in [9.17, 15) is 0 Å². The molecule has 1 N–H and O–H groups in total. The second-order valence-corrected chi connectivity index (χ2v) is 5.83. The van der Waals surface area contributed by atoms with Crippen molar-refractivity contribution in [2.24, 2.45) is 11.8 Å². The highest BCUT2D eigenvalue weighted by molar-refractivity contribution is 5.43. The number of fused-ring (bicyclic) bond motifs is 1. The van der Waals surface area contributed by atoms with E-state index in [1.54, 1.807) is 6.33 Å². The summed E-state index contributed by atoms with van der Waals surface area (Å²) in [4.78, 5) is 11.4. The maximum Gasteiger partial charge on any atom is 0.132 e. The Kier molecular flexibility index (Phi) is 3.69. The SMILES string of the molecule is CCCc1cc(N2CC3CNCC3C2CC)ncn1. The van der Waals surface area contributed by atoms with E-state index >= 15 is 0 Å². The summed E-state index contributed by atoms with van der Waals surface area (Å²) in [5.41, 5.74) is 1.18. The average molecular weight is 260 g/mol. The van der Waals surface area contributed by atoms with Gasteiger partial charge in [-0.05, 0) is 24.7 Å². The lowest BCUT2D eigenvalue weighted by Crippen LogP contribution is -2.35. The first-order valence-corrected chi connectivity index (χ1v) is 7.61. The predicted molar refractivity (Wildman–Crippen MR) is 77.3 cm³/mol. The van der Waals surface area contributed by atoms with Crippen LogP contribution in [-0.4, -0.2) is 35.6 Å². The molecule has 0 amide bonds. The number of hydrogen-bond donors (Lipinski definition) is 1. The Morgan fingerprint density at radius 1 is 1.32 bits per heavy atom. The summed E-state index contributed by atoms with van der Waals surface area (Å²) in [5, 5.41) is 3.53. The van der Waals surface area contributed by atoms with E-state index in [0.717, 1.165) is 37.0 Å². The van der Waals surface area contributed by atoms with Crippen LogP contribution in [0.15, 0.2) is 12.4 Å². The fourth-order valence-electron chi connectivity index (χ4n) is 3.74. The Hall–Kier alpha value is -1.16. The smallest absolute Gasteiger partial charge is 0.132 e. The molecule has 2 aliphatic rings. The Morgan fingerprint density at radius 3 is 3.00 bits per heavy atom. The highest BCUT2D eigenvalue weighted by Crippen LogP contribution is 2.36. The molecular weight excluding hydrogens is 236 g/mol. The zero-order valence-corrected chi connectivity index (χ0v) is 12.0. The van der Waals surface area contributed by atoms with Crippen LogP contribution in [0.25, 0.3) is 0 Å². The van der Waals surface area contributed by atoms with E-state index in [4.69, 9.17) is 0 Å². The summed E-state index contributed by atoms with van der Waals surface area (Å²) in [6.07, 6.45) is 5.13. The van der Waals surface area contributed by atoms with E-state index in [-0.39, 0.29) is 0 Å². The molecule has 1 aromatic rings. The summed E-state index contributed by atoms with van der Waals surface area (Å²) in [6.45, 7) is 7.99. The quantitative estimate of drug-likeness (QED) is 0.897. The molecule has 3 unspecified atom stereocenters. The lowest BCUT2D eigenvalue weighted by molar-refractivity contribution is 0.441. The Labute approximate surface area is 115 Å². The minimum Gasteiger partial charge on any atom is -0.353 e. The molecule has 3 atom stereocenters. The normalized spacial score (nSPS) is 29.8. The summed E-state index contributed by atoms with van der Waals surface area (Å²) in [5.74, 6) is 2.74. The van der Waals surface area contributed by atoms with Gasteiger partial charge in [-0.25, -0.2) is 9.97 Å². The van der Waals surface area contributed by atoms with E-state index < -0.39 is 0 Å². The van der Waals surface area contributed by atoms with Crippen LogP contribution in [-0.2, 0) is 6.42 Å². The molecule has 2 fully saturated rings. The van der Waals surface area contributed by atoms with E-state index in [2.05, 4.69) is 40.1 Å². The molecule has 3 rings (SSSR count). The largest absolute Gasteiger partial charge is 0.353 e. The molecule has 104 valence electrons. The zero-order valence-electron chi connectivity index (χ0n) is 12.0. The molecule has 0 bridgehead atoms. The van der Waals surface area contributed by atoms with Gasteiger partial charge in [0.25, 0.3) is 0 Å². The number of anilines is 1. The molecule has 0 saturated carbocycles. The highest BCUT2D eigenvalue weighted by atomic mass is 15.3. The van der Waals surface area contributed by atoms with Crippen LogP contribution in [0.5, 0.6) is 0 Å². The maximum atomic E-state index is 4.52. The Morgan fingerprint density at radius 2 is 2.21 bits per heavy atom. The van der Waals surface area contributed by atoms with Crippen molar-refractivity contribution in [1.82, 2.24) is 15.3 Å². The third-order valence-electron chi connectivity index (χ3n) is 4.65. The minimum absolute atomic E-state index is 0.643. The average Bonchev–Trinajstić information content (AvgIpc) is 2.99. The minimum atomic E-state index is 0.643. The third kappa shape index (κ3) is 2.34. The summed E-state index contributed by atoms with van der Waals surface area (Å²) < 4.78 is 0. The molecule has 3 heterocycles. The summed E-state index contributed by atoms with van der Waals surface area (Å²) in [7, 11) is 0. The Balaban J connectivity index is 1.83. The van der Waals surface area contributed by atoms with E-state index in [0.29, 0.717) is 6.04 Å². The van der Waals surface area contributed by atoms with Crippen LogP contribution in [0, 0.1) is 11.8 Å². The number of aromatic nitrogens is 2. The highest BCUT2D eigenvalue weighted by Gasteiger charge is 2.43. The number of aryl methyl sites for hydroxylation is 1. The molecule has 1 aromatic heterocycles. The third-order valence-corrected chi connectivity index (χ3v) is 4.65. The van der Waals surface area contributed by atoms with Gasteiger partial charge in [-0.2, -0.15) is 0 Å². The van der Waals surface area contributed by atoms with E-state index in [1.807, 2.05) is 0 Å². The van der Waals surface area contributed by atoms with Crippen molar-refractivity contribution >= 4 is 5.82 Å². The van der Waals surface area contributed by atoms with Crippen molar-refractivity contribution in [1.29, 1.82) is 0 Å². The molecule has 19 heavy (non-hydrogen) atoms. The molecule has 2 aliphatic heterocycles. The first-order valence-electron chi connectivity index (χ1n) is 7.61. The van der Waals surface area contributed by atoms with Gasteiger partial charge in [-0.15, -0.1) is 0 Å². The number of nitrogens with zero attached hydrogens (tertiary/aromatic N) is 3. The fraction of sp³-hybridized carbons (Fsp3) is 0.733.